The van der Waals surface area contributed by atoms with Crippen molar-refractivity contribution in [3.8, 4) is 0 Å². The summed E-state index contributed by atoms with van der Waals surface area (Å²) in [5.74, 6) is -1.30. The van der Waals surface area contributed by atoms with Gasteiger partial charge in [-0.25, -0.2) is 0 Å². The zero-order valence-electron chi connectivity index (χ0n) is 13.4. The van der Waals surface area contributed by atoms with Crippen molar-refractivity contribution in [1.29, 1.82) is 0 Å². The van der Waals surface area contributed by atoms with E-state index in [0.717, 1.165) is 31.6 Å². The van der Waals surface area contributed by atoms with Crippen molar-refractivity contribution < 1.29 is 9.59 Å². The molecule has 1 aromatic carbocycles. The van der Waals surface area contributed by atoms with Gasteiger partial charge in [-0.2, -0.15) is 0 Å². The molecule has 0 spiro atoms. The molecule has 1 rings (SSSR count). The van der Waals surface area contributed by atoms with Crippen LogP contribution in [0.3, 0.4) is 0 Å². The number of benzene rings is 1. The Hall–Kier alpha value is -1.59. The zero-order chi connectivity index (χ0) is 16.5. The highest BCUT2D eigenvalue weighted by Gasteiger charge is 2.14. The van der Waals surface area contributed by atoms with Gasteiger partial charge in [0.2, 0.25) is 0 Å². The number of hydrogen-bond donors (Lipinski definition) is 2. The third-order valence-electron chi connectivity index (χ3n) is 3.49. The minimum absolute atomic E-state index is 0.483. The maximum absolute atomic E-state index is 11.8. The summed E-state index contributed by atoms with van der Waals surface area (Å²) in [7, 11) is 0. The van der Waals surface area contributed by atoms with E-state index in [0.29, 0.717) is 17.3 Å². The van der Waals surface area contributed by atoms with E-state index in [2.05, 4.69) is 29.4 Å². The van der Waals surface area contributed by atoms with E-state index in [1.807, 2.05) is 6.92 Å². The van der Waals surface area contributed by atoms with Gasteiger partial charge in [-0.3, -0.25) is 9.59 Å². The van der Waals surface area contributed by atoms with Crippen LogP contribution in [0.5, 0.6) is 0 Å². The van der Waals surface area contributed by atoms with Crippen LogP contribution in [0.4, 0.5) is 5.69 Å². The summed E-state index contributed by atoms with van der Waals surface area (Å²) in [5, 5.41) is 5.72. The van der Waals surface area contributed by atoms with Gasteiger partial charge in [0, 0.05) is 17.3 Å². The molecule has 0 atom stereocenters. The number of amides is 2. The summed E-state index contributed by atoms with van der Waals surface area (Å²) in [6.45, 7) is 9.40. The summed E-state index contributed by atoms with van der Waals surface area (Å²) in [4.78, 5) is 25.9. The number of nitrogens with one attached hydrogen (secondary N) is 2. The fourth-order valence-corrected chi connectivity index (χ4v) is 2.20. The van der Waals surface area contributed by atoms with Gasteiger partial charge in [0.1, 0.15) is 0 Å². The highest BCUT2D eigenvalue weighted by atomic mass is 35.5. The molecule has 0 saturated carbocycles. The lowest BCUT2D eigenvalue weighted by Crippen LogP contribution is -2.37. The molecule has 5 nitrogen and oxygen atoms in total. The summed E-state index contributed by atoms with van der Waals surface area (Å²) in [5.41, 5.74) is 1.41. The molecule has 1 aromatic rings. The van der Waals surface area contributed by atoms with Gasteiger partial charge >= 0.3 is 11.8 Å². The lowest BCUT2D eigenvalue weighted by atomic mass is 10.2. The lowest BCUT2D eigenvalue weighted by Gasteiger charge is -2.17. The summed E-state index contributed by atoms with van der Waals surface area (Å²) in [6, 6.07) is 5.15. The van der Waals surface area contributed by atoms with Gasteiger partial charge in [0.05, 0.1) is 0 Å². The molecule has 0 saturated heterocycles. The zero-order valence-corrected chi connectivity index (χ0v) is 14.2. The monoisotopic (exact) mass is 325 g/mol. The van der Waals surface area contributed by atoms with Crippen molar-refractivity contribution in [2.45, 2.75) is 27.2 Å². The summed E-state index contributed by atoms with van der Waals surface area (Å²) < 4.78 is 0. The predicted molar refractivity (Wildman–Crippen MR) is 90.2 cm³/mol. The molecule has 0 aliphatic heterocycles. The first-order chi connectivity index (χ1) is 10.5. The Kier molecular flexibility index (Phi) is 7.91. The molecule has 0 heterocycles. The van der Waals surface area contributed by atoms with Crippen LogP contribution in [0.1, 0.15) is 25.8 Å². The van der Waals surface area contributed by atoms with E-state index in [1.165, 1.54) is 0 Å². The van der Waals surface area contributed by atoms with Crippen molar-refractivity contribution in [2.24, 2.45) is 0 Å². The number of carbonyl (C=O) groups is 2. The van der Waals surface area contributed by atoms with Crippen molar-refractivity contribution in [3.05, 3.63) is 28.8 Å². The first-order valence-electron chi connectivity index (χ1n) is 7.55. The van der Waals surface area contributed by atoms with E-state index in [4.69, 9.17) is 11.6 Å². The third kappa shape index (κ3) is 6.03. The topological polar surface area (TPSA) is 61.4 Å². The second-order valence-corrected chi connectivity index (χ2v) is 5.49. The lowest BCUT2D eigenvalue weighted by molar-refractivity contribution is -0.136. The van der Waals surface area contributed by atoms with Gasteiger partial charge in [-0.15, -0.1) is 0 Å². The highest BCUT2D eigenvalue weighted by Crippen LogP contribution is 2.19. The van der Waals surface area contributed by atoms with Crippen LogP contribution in [0, 0.1) is 6.92 Å². The van der Waals surface area contributed by atoms with Crippen molar-refractivity contribution in [3.63, 3.8) is 0 Å². The number of anilines is 1. The Morgan fingerprint density at radius 1 is 1.18 bits per heavy atom. The van der Waals surface area contributed by atoms with Gasteiger partial charge in [-0.1, -0.05) is 31.5 Å². The Labute approximate surface area is 137 Å². The second-order valence-electron chi connectivity index (χ2n) is 5.05. The van der Waals surface area contributed by atoms with E-state index >= 15 is 0 Å². The van der Waals surface area contributed by atoms with Crippen molar-refractivity contribution in [2.75, 3.05) is 31.5 Å². The molecule has 2 amide bonds. The quantitative estimate of drug-likeness (QED) is 0.598. The Balaban J connectivity index is 2.39. The average Bonchev–Trinajstić information content (AvgIpc) is 2.50. The van der Waals surface area contributed by atoms with Crippen LogP contribution in [0.25, 0.3) is 0 Å². The molecule has 0 aliphatic rings. The number of hydrogen-bond acceptors (Lipinski definition) is 3. The van der Waals surface area contributed by atoms with Gasteiger partial charge in [0.15, 0.2) is 0 Å². The predicted octanol–water partition coefficient (Wildman–Crippen LogP) is 2.44. The Morgan fingerprint density at radius 3 is 2.50 bits per heavy atom. The number of carbonyl (C=O) groups excluding carboxylic acids is 2. The van der Waals surface area contributed by atoms with Gasteiger partial charge < -0.3 is 15.5 Å². The smallest absolute Gasteiger partial charge is 0.313 e. The van der Waals surface area contributed by atoms with Crippen molar-refractivity contribution in [1.82, 2.24) is 10.2 Å². The Morgan fingerprint density at radius 2 is 1.86 bits per heavy atom. The molecule has 0 aromatic heterocycles. The van der Waals surface area contributed by atoms with Crippen LogP contribution in [0.2, 0.25) is 5.02 Å². The minimum atomic E-state index is -0.673. The molecule has 0 fully saturated rings. The van der Waals surface area contributed by atoms with E-state index < -0.39 is 11.8 Å². The average molecular weight is 326 g/mol. The molecule has 22 heavy (non-hydrogen) atoms. The van der Waals surface area contributed by atoms with E-state index in [9.17, 15) is 9.59 Å². The molecule has 2 N–H and O–H groups in total. The van der Waals surface area contributed by atoms with Gasteiger partial charge in [-0.05, 0) is 50.7 Å². The number of nitrogens with zero attached hydrogens (tertiary/aromatic N) is 1. The molecular weight excluding hydrogens is 302 g/mol. The van der Waals surface area contributed by atoms with E-state index in [-0.39, 0.29) is 0 Å². The van der Waals surface area contributed by atoms with Crippen LogP contribution in [-0.2, 0) is 9.59 Å². The molecule has 6 heteroatoms. The molecule has 0 radical (unpaired) electrons. The van der Waals surface area contributed by atoms with Crippen LogP contribution in [-0.4, -0.2) is 42.9 Å². The first kappa shape index (κ1) is 18.5. The second kappa shape index (κ2) is 9.43. The molecule has 0 bridgehead atoms. The molecule has 0 unspecified atom stereocenters. The summed E-state index contributed by atoms with van der Waals surface area (Å²) in [6.07, 6.45) is 0.816. The highest BCUT2D eigenvalue weighted by molar-refractivity contribution is 6.40. The number of halogens is 1. The van der Waals surface area contributed by atoms with Gasteiger partial charge in [0.25, 0.3) is 0 Å². The SMILES string of the molecule is CCN(CC)CCCNC(=O)C(=O)Nc1cc(Cl)ccc1C. The summed E-state index contributed by atoms with van der Waals surface area (Å²) >= 11 is 5.88. The van der Waals surface area contributed by atoms with Crippen molar-refractivity contribution >= 4 is 29.1 Å². The largest absolute Gasteiger partial charge is 0.348 e. The standard InChI is InChI=1S/C16H24ClN3O2/c1-4-20(5-2)10-6-9-18-15(21)16(22)19-14-11-13(17)8-7-12(14)3/h7-8,11H,4-6,9-10H2,1-3H3,(H,18,21)(H,19,22). The maximum Gasteiger partial charge on any atom is 0.313 e. The van der Waals surface area contributed by atoms with Crippen LogP contribution < -0.4 is 10.6 Å². The van der Waals surface area contributed by atoms with E-state index in [1.54, 1.807) is 18.2 Å². The van der Waals surface area contributed by atoms with Crippen LogP contribution >= 0.6 is 11.6 Å². The van der Waals surface area contributed by atoms with Crippen LogP contribution in [0.15, 0.2) is 18.2 Å². The fourth-order valence-electron chi connectivity index (χ4n) is 2.03. The molecule has 0 aliphatic carbocycles. The minimum Gasteiger partial charge on any atom is -0.348 e. The number of aryl methyl sites for hydroxylation is 1. The third-order valence-corrected chi connectivity index (χ3v) is 3.72. The molecular formula is C16H24ClN3O2. The number of rotatable bonds is 7. The molecule has 122 valence electrons. The maximum atomic E-state index is 11.8. The fraction of sp³-hybridized carbons (Fsp3) is 0.500. The normalized spacial score (nSPS) is 10.6. The first-order valence-corrected chi connectivity index (χ1v) is 7.93. The Bertz CT molecular complexity index is 516.